The molecule has 1 aliphatic rings. The summed E-state index contributed by atoms with van der Waals surface area (Å²) >= 11 is 0. The number of anilines is 1. The Hall–Kier alpha value is -2.15. The van der Waals surface area contributed by atoms with Crippen molar-refractivity contribution in [3.63, 3.8) is 0 Å². The molecule has 1 unspecified atom stereocenters. The fraction of sp³-hybridized carbons (Fsp3) is 0.500. The number of rotatable bonds is 5. The number of hydrogen-bond acceptors (Lipinski definition) is 5. The molecule has 7 nitrogen and oxygen atoms in total. The molecule has 2 rings (SSSR count). The number of nitro groups is 1. The average molecular weight is 293 g/mol. The Bertz CT molecular complexity index is 547. The van der Waals surface area contributed by atoms with E-state index in [0.29, 0.717) is 24.3 Å². The summed E-state index contributed by atoms with van der Waals surface area (Å²) in [5.74, 6) is -0.256. The molecule has 1 aromatic carbocycles. The van der Waals surface area contributed by atoms with Crippen LogP contribution in [0.3, 0.4) is 0 Å². The van der Waals surface area contributed by atoms with Crippen LogP contribution >= 0.6 is 0 Å². The molecule has 7 heteroatoms. The van der Waals surface area contributed by atoms with Gasteiger partial charge in [0.2, 0.25) is 0 Å². The van der Waals surface area contributed by atoms with Crippen LogP contribution in [0.2, 0.25) is 0 Å². The zero-order valence-corrected chi connectivity index (χ0v) is 11.9. The van der Waals surface area contributed by atoms with E-state index in [-0.39, 0.29) is 24.2 Å². The van der Waals surface area contributed by atoms with E-state index >= 15 is 0 Å². The zero-order valence-electron chi connectivity index (χ0n) is 11.9. The van der Waals surface area contributed by atoms with Crippen LogP contribution in [-0.2, 0) is 0 Å². The number of amides is 1. The second-order valence-corrected chi connectivity index (χ2v) is 4.99. The summed E-state index contributed by atoms with van der Waals surface area (Å²) in [6.07, 6.45) is 1.66. The average Bonchev–Trinajstić information content (AvgIpc) is 2.95. The molecule has 1 amide bonds. The largest absolute Gasteiger partial charge is 0.394 e. The van der Waals surface area contributed by atoms with E-state index in [0.717, 1.165) is 12.8 Å². The minimum atomic E-state index is -0.455. The van der Waals surface area contributed by atoms with Gasteiger partial charge in [-0.2, -0.15) is 0 Å². The van der Waals surface area contributed by atoms with Crippen LogP contribution in [0.5, 0.6) is 0 Å². The van der Waals surface area contributed by atoms with Crippen molar-refractivity contribution in [1.82, 2.24) is 5.32 Å². The van der Waals surface area contributed by atoms with Crippen molar-refractivity contribution < 1.29 is 14.8 Å². The molecule has 0 aliphatic carbocycles. The van der Waals surface area contributed by atoms with Gasteiger partial charge in [0, 0.05) is 24.7 Å². The van der Waals surface area contributed by atoms with Crippen molar-refractivity contribution in [2.75, 3.05) is 24.6 Å². The van der Waals surface area contributed by atoms with Crippen LogP contribution in [0.25, 0.3) is 0 Å². The third-order valence-corrected chi connectivity index (χ3v) is 3.67. The Morgan fingerprint density at radius 3 is 2.95 bits per heavy atom. The maximum Gasteiger partial charge on any atom is 0.292 e. The first-order valence-electron chi connectivity index (χ1n) is 7.02. The highest BCUT2D eigenvalue weighted by Crippen LogP contribution is 2.34. The van der Waals surface area contributed by atoms with Crippen molar-refractivity contribution >= 4 is 17.3 Å². The van der Waals surface area contributed by atoms with Crippen molar-refractivity contribution in [3.05, 3.63) is 33.9 Å². The lowest BCUT2D eigenvalue weighted by molar-refractivity contribution is -0.384. The molecular formula is C14H19N3O4. The number of benzene rings is 1. The molecule has 21 heavy (non-hydrogen) atoms. The van der Waals surface area contributed by atoms with Gasteiger partial charge in [0.25, 0.3) is 11.6 Å². The van der Waals surface area contributed by atoms with Gasteiger partial charge in [-0.3, -0.25) is 14.9 Å². The molecule has 1 atom stereocenters. The van der Waals surface area contributed by atoms with Crippen LogP contribution in [0.4, 0.5) is 11.4 Å². The van der Waals surface area contributed by atoms with Gasteiger partial charge < -0.3 is 15.3 Å². The molecule has 1 aliphatic heterocycles. The lowest BCUT2D eigenvalue weighted by atomic mass is 10.1. The number of nitro benzene ring substituents is 1. The highest BCUT2D eigenvalue weighted by atomic mass is 16.6. The van der Waals surface area contributed by atoms with Gasteiger partial charge >= 0.3 is 0 Å². The molecule has 2 N–H and O–H groups in total. The molecule has 0 bridgehead atoms. The van der Waals surface area contributed by atoms with E-state index in [2.05, 4.69) is 5.32 Å². The maximum atomic E-state index is 11.9. The molecule has 0 saturated carbocycles. The number of nitrogens with one attached hydrogen (secondary N) is 1. The minimum Gasteiger partial charge on any atom is -0.394 e. The normalized spacial score (nSPS) is 17.8. The van der Waals surface area contributed by atoms with Crippen molar-refractivity contribution in [3.8, 4) is 0 Å². The topological polar surface area (TPSA) is 95.7 Å². The number of aliphatic hydroxyl groups is 1. The number of nitrogens with zero attached hydrogens (tertiary/aromatic N) is 2. The monoisotopic (exact) mass is 293 g/mol. The summed E-state index contributed by atoms with van der Waals surface area (Å²) in [7, 11) is 0. The third kappa shape index (κ3) is 3.13. The molecule has 1 aromatic rings. The predicted molar refractivity (Wildman–Crippen MR) is 78.6 cm³/mol. The summed E-state index contributed by atoms with van der Waals surface area (Å²) in [4.78, 5) is 24.5. The van der Waals surface area contributed by atoms with E-state index in [1.807, 2.05) is 11.8 Å². The quantitative estimate of drug-likeness (QED) is 0.630. The van der Waals surface area contributed by atoms with Gasteiger partial charge in [-0.05, 0) is 31.9 Å². The molecule has 0 spiro atoms. The maximum absolute atomic E-state index is 11.9. The summed E-state index contributed by atoms with van der Waals surface area (Å²) in [5.41, 5.74) is 0.754. The summed E-state index contributed by atoms with van der Waals surface area (Å²) in [6.45, 7) is 2.90. The van der Waals surface area contributed by atoms with Crippen LogP contribution < -0.4 is 10.2 Å². The smallest absolute Gasteiger partial charge is 0.292 e. The Balaban J connectivity index is 2.42. The second-order valence-electron chi connectivity index (χ2n) is 4.99. The highest BCUT2D eigenvalue weighted by molar-refractivity contribution is 5.96. The van der Waals surface area contributed by atoms with Crippen LogP contribution in [0, 0.1) is 10.1 Å². The lowest BCUT2D eigenvalue weighted by Crippen LogP contribution is -2.33. The summed E-state index contributed by atoms with van der Waals surface area (Å²) < 4.78 is 0. The van der Waals surface area contributed by atoms with Gasteiger partial charge in [-0.15, -0.1) is 0 Å². The van der Waals surface area contributed by atoms with Gasteiger partial charge in [-0.1, -0.05) is 0 Å². The van der Waals surface area contributed by atoms with Crippen LogP contribution in [-0.4, -0.2) is 41.7 Å². The summed E-state index contributed by atoms with van der Waals surface area (Å²) in [6, 6.07) is 4.22. The Kier molecular flexibility index (Phi) is 4.74. The number of carbonyl (C=O) groups is 1. The van der Waals surface area contributed by atoms with Gasteiger partial charge in [0.05, 0.1) is 17.6 Å². The van der Waals surface area contributed by atoms with E-state index in [1.165, 1.54) is 18.2 Å². The highest BCUT2D eigenvalue weighted by Gasteiger charge is 2.30. The first-order valence-corrected chi connectivity index (χ1v) is 7.02. The fourth-order valence-electron chi connectivity index (χ4n) is 2.65. The first-order chi connectivity index (χ1) is 10.1. The molecule has 0 aromatic heterocycles. The SMILES string of the molecule is CCNC(=O)c1ccc([N+](=O)[O-])c(N2CCCC2CO)c1. The Morgan fingerprint density at radius 1 is 1.57 bits per heavy atom. The molecule has 1 fully saturated rings. The fourth-order valence-corrected chi connectivity index (χ4v) is 2.65. The molecule has 1 heterocycles. The van der Waals surface area contributed by atoms with Crippen molar-refractivity contribution in [1.29, 1.82) is 0 Å². The van der Waals surface area contributed by atoms with Crippen LogP contribution in [0.1, 0.15) is 30.1 Å². The third-order valence-electron chi connectivity index (χ3n) is 3.67. The minimum absolute atomic E-state index is 0.0385. The number of aliphatic hydroxyl groups excluding tert-OH is 1. The predicted octanol–water partition coefficient (Wildman–Crippen LogP) is 1.31. The molecule has 114 valence electrons. The van der Waals surface area contributed by atoms with Crippen molar-refractivity contribution in [2.45, 2.75) is 25.8 Å². The van der Waals surface area contributed by atoms with Crippen molar-refractivity contribution in [2.24, 2.45) is 0 Å². The van der Waals surface area contributed by atoms with E-state index in [1.54, 1.807) is 0 Å². The van der Waals surface area contributed by atoms with E-state index in [4.69, 9.17) is 0 Å². The van der Waals surface area contributed by atoms with Gasteiger partial charge in [0.1, 0.15) is 5.69 Å². The standard InChI is InChI=1S/C14H19N3O4/c1-2-15-14(19)10-5-6-12(17(20)21)13(8-10)16-7-3-4-11(16)9-18/h5-6,8,11,18H,2-4,7,9H2,1H3,(H,15,19). The van der Waals surface area contributed by atoms with E-state index < -0.39 is 4.92 Å². The molecule has 0 radical (unpaired) electrons. The van der Waals surface area contributed by atoms with E-state index in [9.17, 15) is 20.0 Å². The zero-order chi connectivity index (χ0) is 15.4. The lowest BCUT2D eigenvalue weighted by Gasteiger charge is -2.25. The summed E-state index contributed by atoms with van der Waals surface area (Å²) in [5, 5.41) is 23.3. The van der Waals surface area contributed by atoms with Crippen LogP contribution in [0.15, 0.2) is 18.2 Å². The number of hydrogen-bond donors (Lipinski definition) is 2. The Morgan fingerprint density at radius 2 is 2.33 bits per heavy atom. The Labute approximate surface area is 122 Å². The second kappa shape index (κ2) is 6.53. The van der Waals surface area contributed by atoms with Gasteiger partial charge in [-0.25, -0.2) is 0 Å². The first kappa shape index (κ1) is 15.2. The number of carbonyl (C=O) groups excluding carboxylic acids is 1. The molecular weight excluding hydrogens is 274 g/mol. The molecule has 1 saturated heterocycles. The van der Waals surface area contributed by atoms with Gasteiger partial charge in [0.15, 0.2) is 0 Å².